The maximum atomic E-state index is 9.63. The number of hydrogen-bond acceptors (Lipinski definition) is 2. The molecular weight excluding hydrogens is 90.1 g/mol. The van der Waals surface area contributed by atoms with E-state index in [0.717, 1.165) is 6.29 Å². The van der Waals surface area contributed by atoms with E-state index in [1.165, 1.54) is 0 Å². The summed E-state index contributed by atoms with van der Waals surface area (Å²) in [5.41, 5.74) is 0.509. The molecule has 7 heavy (non-hydrogen) atoms. The second-order valence-corrected chi connectivity index (χ2v) is 1.33. The number of nitrogens with one attached hydrogen (secondary N) is 1. The highest BCUT2D eigenvalue weighted by Crippen LogP contribution is 1.82. The molecule has 0 saturated heterocycles. The molecule has 0 aliphatic carbocycles. The standard InChI is InChI=1S/C5H9NO/c1-2-5(6)3-4-7/h4,6H,2-3H2,1H3. The van der Waals surface area contributed by atoms with Crippen molar-refractivity contribution < 1.29 is 4.79 Å². The van der Waals surface area contributed by atoms with Crippen LogP contribution in [0.15, 0.2) is 0 Å². The number of rotatable bonds is 3. The summed E-state index contributed by atoms with van der Waals surface area (Å²) in [5, 5.41) is 6.91. The number of aldehydes is 1. The smallest absolute Gasteiger partial charge is 0.125 e. The van der Waals surface area contributed by atoms with Crippen LogP contribution < -0.4 is 0 Å². The summed E-state index contributed by atoms with van der Waals surface area (Å²) in [5.74, 6) is 0. The summed E-state index contributed by atoms with van der Waals surface area (Å²) in [7, 11) is 0. The molecule has 2 nitrogen and oxygen atoms in total. The lowest BCUT2D eigenvalue weighted by molar-refractivity contribution is -0.106. The van der Waals surface area contributed by atoms with E-state index in [-0.39, 0.29) is 0 Å². The molecule has 0 atom stereocenters. The highest BCUT2D eigenvalue weighted by molar-refractivity contribution is 5.91. The first-order valence-electron chi connectivity index (χ1n) is 2.31. The van der Waals surface area contributed by atoms with Crippen LogP contribution in [0.25, 0.3) is 0 Å². The van der Waals surface area contributed by atoms with Crippen molar-refractivity contribution in [3.8, 4) is 0 Å². The van der Waals surface area contributed by atoms with Gasteiger partial charge in [0.1, 0.15) is 6.29 Å². The zero-order valence-electron chi connectivity index (χ0n) is 4.40. The minimum absolute atomic E-state index is 0.302. The van der Waals surface area contributed by atoms with E-state index in [0.29, 0.717) is 18.6 Å². The topological polar surface area (TPSA) is 40.9 Å². The molecule has 0 radical (unpaired) electrons. The van der Waals surface area contributed by atoms with Crippen molar-refractivity contribution in [3.63, 3.8) is 0 Å². The molecule has 0 amide bonds. The Balaban J connectivity index is 3.17. The maximum Gasteiger partial charge on any atom is 0.125 e. The molecule has 0 aliphatic rings. The van der Waals surface area contributed by atoms with Crippen molar-refractivity contribution in [3.05, 3.63) is 0 Å². The van der Waals surface area contributed by atoms with Crippen molar-refractivity contribution in [1.29, 1.82) is 5.41 Å². The van der Waals surface area contributed by atoms with E-state index in [2.05, 4.69) is 0 Å². The van der Waals surface area contributed by atoms with Crippen LogP contribution in [0.5, 0.6) is 0 Å². The Hall–Kier alpha value is -0.660. The summed E-state index contributed by atoms with van der Waals surface area (Å²) in [6, 6.07) is 0. The van der Waals surface area contributed by atoms with Gasteiger partial charge in [-0.25, -0.2) is 0 Å². The molecule has 40 valence electrons. The fourth-order valence-corrected chi connectivity index (χ4v) is 0.245. The SMILES string of the molecule is CCC(=N)CC=O. The zero-order chi connectivity index (χ0) is 5.70. The number of carbonyl (C=O) groups excluding carboxylic acids is 1. The lowest BCUT2D eigenvalue weighted by Gasteiger charge is -1.86. The molecule has 0 aromatic carbocycles. The summed E-state index contributed by atoms with van der Waals surface area (Å²) in [4.78, 5) is 9.63. The molecule has 0 spiro atoms. The quantitative estimate of drug-likeness (QED) is 0.416. The fraction of sp³-hybridized carbons (Fsp3) is 0.600. The minimum atomic E-state index is 0.302. The molecule has 0 heterocycles. The number of carbonyl (C=O) groups is 1. The highest BCUT2D eigenvalue weighted by Gasteiger charge is 1.86. The second-order valence-electron chi connectivity index (χ2n) is 1.33. The first-order valence-corrected chi connectivity index (χ1v) is 2.31. The van der Waals surface area contributed by atoms with E-state index in [1.54, 1.807) is 0 Å². The van der Waals surface area contributed by atoms with Crippen LogP contribution in [-0.2, 0) is 4.79 Å². The van der Waals surface area contributed by atoms with Crippen molar-refractivity contribution in [2.24, 2.45) is 0 Å². The Morgan fingerprint density at radius 1 is 1.86 bits per heavy atom. The minimum Gasteiger partial charge on any atom is -0.309 e. The van der Waals surface area contributed by atoms with E-state index in [1.807, 2.05) is 6.92 Å². The van der Waals surface area contributed by atoms with Gasteiger partial charge in [0.2, 0.25) is 0 Å². The van der Waals surface area contributed by atoms with E-state index < -0.39 is 0 Å². The van der Waals surface area contributed by atoms with Crippen LogP contribution in [0, 0.1) is 5.41 Å². The van der Waals surface area contributed by atoms with Gasteiger partial charge >= 0.3 is 0 Å². The van der Waals surface area contributed by atoms with E-state index >= 15 is 0 Å². The molecular formula is C5H9NO. The zero-order valence-corrected chi connectivity index (χ0v) is 4.40. The predicted molar refractivity (Wildman–Crippen MR) is 28.7 cm³/mol. The average Bonchev–Trinajstić information content (AvgIpc) is 1.68. The summed E-state index contributed by atoms with van der Waals surface area (Å²) >= 11 is 0. The molecule has 0 unspecified atom stereocenters. The molecule has 0 bridgehead atoms. The molecule has 0 rings (SSSR count). The molecule has 0 aromatic heterocycles. The summed E-state index contributed by atoms with van der Waals surface area (Å²) < 4.78 is 0. The largest absolute Gasteiger partial charge is 0.309 e. The van der Waals surface area contributed by atoms with Gasteiger partial charge in [0, 0.05) is 12.1 Å². The van der Waals surface area contributed by atoms with Crippen LogP contribution in [-0.4, -0.2) is 12.0 Å². The van der Waals surface area contributed by atoms with Gasteiger partial charge in [0.15, 0.2) is 0 Å². The normalized spacial score (nSPS) is 8.14. The fourth-order valence-electron chi connectivity index (χ4n) is 0.245. The highest BCUT2D eigenvalue weighted by atomic mass is 16.1. The maximum absolute atomic E-state index is 9.63. The monoisotopic (exact) mass is 99.1 g/mol. The van der Waals surface area contributed by atoms with Gasteiger partial charge < -0.3 is 10.2 Å². The molecule has 0 aromatic rings. The Bertz CT molecular complexity index is 78.1. The van der Waals surface area contributed by atoms with Crippen LogP contribution in [0.1, 0.15) is 19.8 Å². The van der Waals surface area contributed by atoms with Gasteiger partial charge in [-0.1, -0.05) is 6.92 Å². The van der Waals surface area contributed by atoms with Crippen molar-refractivity contribution >= 4 is 12.0 Å². The third-order valence-corrected chi connectivity index (χ3v) is 0.757. The average molecular weight is 99.1 g/mol. The van der Waals surface area contributed by atoms with Crippen molar-refractivity contribution in [2.75, 3.05) is 0 Å². The second kappa shape index (κ2) is 3.53. The molecule has 0 aliphatic heterocycles. The van der Waals surface area contributed by atoms with Gasteiger partial charge in [-0.05, 0) is 6.42 Å². The Labute approximate surface area is 43.0 Å². The number of hydrogen-bond donors (Lipinski definition) is 1. The first-order chi connectivity index (χ1) is 3.31. The van der Waals surface area contributed by atoms with E-state index in [4.69, 9.17) is 5.41 Å². The van der Waals surface area contributed by atoms with Crippen LogP contribution in [0.3, 0.4) is 0 Å². The Morgan fingerprint density at radius 2 is 2.43 bits per heavy atom. The molecule has 0 saturated carbocycles. The van der Waals surface area contributed by atoms with Crippen LogP contribution in [0.4, 0.5) is 0 Å². The van der Waals surface area contributed by atoms with Gasteiger partial charge in [-0.2, -0.15) is 0 Å². The Morgan fingerprint density at radius 3 is 2.57 bits per heavy atom. The third kappa shape index (κ3) is 3.16. The molecule has 1 N–H and O–H groups in total. The lowest BCUT2D eigenvalue weighted by Crippen LogP contribution is -1.92. The van der Waals surface area contributed by atoms with Gasteiger partial charge in [0.25, 0.3) is 0 Å². The van der Waals surface area contributed by atoms with Crippen molar-refractivity contribution in [1.82, 2.24) is 0 Å². The molecule has 0 fully saturated rings. The molecule has 2 heteroatoms. The Kier molecular flexibility index (Phi) is 3.19. The predicted octanol–water partition coefficient (Wildman–Crippen LogP) is 1.01. The lowest BCUT2D eigenvalue weighted by atomic mass is 10.2. The van der Waals surface area contributed by atoms with Crippen LogP contribution >= 0.6 is 0 Å². The van der Waals surface area contributed by atoms with Gasteiger partial charge in [0.05, 0.1) is 0 Å². The van der Waals surface area contributed by atoms with Gasteiger partial charge in [-0.15, -0.1) is 0 Å². The van der Waals surface area contributed by atoms with Crippen LogP contribution in [0.2, 0.25) is 0 Å². The first kappa shape index (κ1) is 6.34. The van der Waals surface area contributed by atoms with E-state index in [9.17, 15) is 4.79 Å². The summed E-state index contributed by atoms with van der Waals surface area (Å²) in [6.07, 6.45) is 1.75. The van der Waals surface area contributed by atoms with Crippen molar-refractivity contribution in [2.45, 2.75) is 19.8 Å². The summed E-state index contributed by atoms with van der Waals surface area (Å²) in [6.45, 7) is 1.87. The third-order valence-electron chi connectivity index (χ3n) is 0.757. The van der Waals surface area contributed by atoms with Gasteiger partial charge in [-0.3, -0.25) is 0 Å².